The molecule has 21 heavy (non-hydrogen) atoms. The van der Waals surface area contributed by atoms with Gasteiger partial charge in [0.25, 0.3) is 0 Å². The number of benzene rings is 2. The van der Waals surface area contributed by atoms with Crippen molar-refractivity contribution in [1.29, 1.82) is 0 Å². The molecule has 0 bridgehead atoms. The van der Waals surface area contributed by atoms with E-state index >= 15 is 0 Å². The lowest BCUT2D eigenvalue weighted by Crippen LogP contribution is -2.07. The Hall–Kier alpha value is -2.70. The first kappa shape index (κ1) is 14.7. The van der Waals surface area contributed by atoms with E-state index in [1.54, 1.807) is 0 Å². The van der Waals surface area contributed by atoms with Crippen LogP contribution < -0.4 is 11.1 Å². The Kier molecular flexibility index (Phi) is 3.75. The maximum Gasteiger partial charge on any atom is 0.337 e. The molecule has 0 aliphatic heterocycles. The van der Waals surface area contributed by atoms with Crippen LogP contribution in [0.1, 0.15) is 15.9 Å². The summed E-state index contributed by atoms with van der Waals surface area (Å²) in [6, 6.07) is 3.91. The SMILES string of the molecule is Cc1ccc(F)c(Nc2cc(C(=O)O)c(N)cc2F)c1F. The molecular formula is C14H11F3N2O2. The summed E-state index contributed by atoms with van der Waals surface area (Å²) in [5, 5.41) is 11.2. The number of carboxylic acid groups (broad SMARTS) is 1. The number of anilines is 3. The summed E-state index contributed by atoms with van der Waals surface area (Å²) in [7, 11) is 0. The van der Waals surface area contributed by atoms with Gasteiger partial charge in [0.2, 0.25) is 0 Å². The Morgan fingerprint density at radius 1 is 1.19 bits per heavy atom. The molecule has 0 aromatic heterocycles. The lowest BCUT2D eigenvalue weighted by atomic mass is 10.1. The first-order valence-electron chi connectivity index (χ1n) is 5.85. The van der Waals surface area contributed by atoms with Crippen LogP contribution in [0.25, 0.3) is 0 Å². The van der Waals surface area contributed by atoms with E-state index in [4.69, 9.17) is 10.8 Å². The average molecular weight is 296 g/mol. The van der Waals surface area contributed by atoms with E-state index < -0.39 is 29.1 Å². The van der Waals surface area contributed by atoms with E-state index in [0.29, 0.717) is 0 Å². The Labute approximate surface area is 118 Å². The third kappa shape index (κ3) is 2.76. The molecule has 0 saturated heterocycles. The predicted molar refractivity (Wildman–Crippen MR) is 72.1 cm³/mol. The van der Waals surface area contributed by atoms with E-state index in [0.717, 1.165) is 18.2 Å². The molecule has 0 radical (unpaired) electrons. The number of halogens is 3. The smallest absolute Gasteiger partial charge is 0.337 e. The minimum Gasteiger partial charge on any atom is -0.478 e. The van der Waals surface area contributed by atoms with E-state index in [9.17, 15) is 18.0 Å². The van der Waals surface area contributed by atoms with Gasteiger partial charge in [-0.2, -0.15) is 0 Å². The Bertz CT molecular complexity index is 733. The molecular weight excluding hydrogens is 285 g/mol. The minimum atomic E-state index is -1.37. The van der Waals surface area contributed by atoms with Gasteiger partial charge in [0.05, 0.1) is 11.3 Å². The number of aromatic carboxylic acids is 1. The van der Waals surface area contributed by atoms with Crippen LogP contribution in [0.3, 0.4) is 0 Å². The number of hydrogen-bond acceptors (Lipinski definition) is 3. The third-order valence-corrected chi connectivity index (χ3v) is 2.91. The van der Waals surface area contributed by atoms with Gasteiger partial charge in [-0.05, 0) is 30.7 Å². The van der Waals surface area contributed by atoms with E-state index in [1.807, 2.05) is 0 Å². The van der Waals surface area contributed by atoms with Gasteiger partial charge in [0, 0.05) is 5.69 Å². The van der Waals surface area contributed by atoms with Crippen LogP contribution in [0.5, 0.6) is 0 Å². The standard InChI is InChI=1S/C14H11F3N2O2/c1-6-2-3-8(15)13(12(6)17)19-11-4-7(14(20)21)10(18)5-9(11)16/h2-5,19H,18H2,1H3,(H,20,21). The number of nitrogen functional groups attached to an aromatic ring is 1. The van der Waals surface area contributed by atoms with Crippen molar-refractivity contribution in [2.24, 2.45) is 0 Å². The summed E-state index contributed by atoms with van der Waals surface area (Å²) in [4.78, 5) is 10.9. The molecule has 0 saturated carbocycles. The van der Waals surface area contributed by atoms with Crippen molar-refractivity contribution in [1.82, 2.24) is 0 Å². The normalized spacial score (nSPS) is 10.5. The Morgan fingerprint density at radius 3 is 2.48 bits per heavy atom. The monoisotopic (exact) mass is 296 g/mol. The third-order valence-electron chi connectivity index (χ3n) is 2.91. The lowest BCUT2D eigenvalue weighted by molar-refractivity contribution is 0.0698. The van der Waals surface area contributed by atoms with Gasteiger partial charge >= 0.3 is 5.97 Å². The maximum atomic E-state index is 13.9. The van der Waals surface area contributed by atoms with Crippen molar-refractivity contribution in [3.05, 3.63) is 52.8 Å². The summed E-state index contributed by atoms with van der Waals surface area (Å²) in [5.74, 6) is -4.10. The number of nitrogens with one attached hydrogen (secondary N) is 1. The lowest BCUT2D eigenvalue weighted by Gasteiger charge is -2.12. The zero-order chi connectivity index (χ0) is 15.7. The van der Waals surface area contributed by atoms with Crippen LogP contribution >= 0.6 is 0 Å². The second-order valence-electron chi connectivity index (χ2n) is 4.40. The predicted octanol–water partition coefficient (Wildman–Crippen LogP) is 3.44. The fourth-order valence-electron chi connectivity index (χ4n) is 1.78. The van der Waals surface area contributed by atoms with Crippen LogP contribution in [-0.2, 0) is 0 Å². The van der Waals surface area contributed by atoms with Crippen molar-refractivity contribution in [2.45, 2.75) is 6.92 Å². The first-order valence-corrected chi connectivity index (χ1v) is 5.85. The van der Waals surface area contributed by atoms with Gasteiger partial charge in [-0.3, -0.25) is 0 Å². The summed E-state index contributed by atoms with van der Waals surface area (Å²) in [6.07, 6.45) is 0. The summed E-state index contributed by atoms with van der Waals surface area (Å²) >= 11 is 0. The molecule has 0 atom stereocenters. The topological polar surface area (TPSA) is 75.3 Å². The van der Waals surface area contributed by atoms with Crippen molar-refractivity contribution in [2.75, 3.05) is 11.1 Å². The highest BCUT2D eigenvalue weighted by molar-refractivity contribution is 5.95. The van der Waals surface area contributed by atoms with Crippen molar-refractivity contribution < 1.29 is 23.1 Å². The molecule has 0 heterocycles. The quantitative estimate of drug-likeness (QED) is 0.758. The molecule has 0 fully saturated rings. The number of nitrogens with two attached hydrogens (primary N) is 1. The zero-order valence-corrected chi connectivity index (χ0v) is 10.9. The van der Waals surface area contributed by atoms with Gasteiger partial charge in [-0.1, -0.05) is 6.07 Å². The number of carboxylic acids is 1. The highest BCUT2D eigenvalue weighted by Crippen LogP contribution is 2.29. The van der Waals surface area contributed by atoms with Crippen LogP contribution in [0.15, 0.2) is 24.3 Å². The molecule has 4 N–H and O–H groups in total. The van der Waals surface area contributed by atoms with E-state index in [2.05, 4.69) is 5.32 Å². The number of carbonyl (C=O) groups is 1. The first-order chi connectivity index (χ1) is 9.81. The number of rotatable bonds is 3. The molecule has 2 aromatic rings. The minimum absolute atomic E-state index is 0.160. The number of aryl methyl sites for hydroxylation is 1. The van der Waals surface area contributed by atoms with Crippen LogP contribution in [0, 0.1) is 24.4 Å². The summed E-state index contributed by atoms with van der Waals surface area (Å²) < 4.78 is 41.2. The highest BCUT2D eigenvalue weighted by Gasteiger charge is 2.17. The van der Waals surface area contributed by atoms with Crippen molar-refractivity contribution in [3.63, 3.8) is 0 Å². The fraction of sp³-hybridized carbons (Fsp3) is 0.0714. The number of hydrogen-bond donors (Lipinski definition) is 3. The molecule has 0 amide bonds. The molecule has 0 aliphatic carbocycles. The summed E-state index contributed by atoms with van der Waals surface area (Å²) in [6.45, 7) is 1.42. The van der Waals surface area contributed by atoms with E-state index in [-0.39, 0.29) is 22.5 Å². The zero-order valence-electron chi connectivity index (χ0n) is 10.9. The largest absolute Gasteiger partial charge is 0.478 e. The van der Waals surface area contributed by atoms with E-state index in [1.165, 1.54) is 13.0 Å². The van der Waals surface area contributed by atoms with Gasteiger partial charge < -0.3 is 16.2 Å². The summed E-state index contributed by atoms with van der Waals surface area (Å²) in [5.41, 5.74) is 3.94. The van der Waals surface area contributed by atoms with Gasteiger partial charge in [0.15, 0.2) is 5.82 Å². The average Bonchev–Trinajstić information content (AvgIpc) is 2.41. The van der Waals surface area contributed by atoms with Gasteiger partial charge in [-0.15, -0.1) is 0 Å². The molecule has 4 nitrogen and oxygen atoms in total. The maximum absolute atomic E-state index is 13.9. The molecule has 0 spiro atoms. The fourth-order valence-corrected chi connectivity index (χ4v) is 1.78. The molecule has 0 aliphatic rings. The molecule has 2 rings (SSSR count). The van der Waals surface area contributed by atoms with Crippen LogP contribution in [-0.4, -0.2) is 11.1 Å². The van der Waals surface area contributed by atoms with Gasteiger partial charge in [0.1, 0.15) is 17.3 Å². The molecule has 7 heteroatoms. The Balaban J connectivity index is 2.52. The highest BCUT2D eigenvalue weighted by atomic mass is 19.1. The van der Waals surface area contributed by atoms with Crippen molar-refractivity contribution >= 4 is 23.0 Å². The second-order valence-corrected chi connectivity index (χ2v) is 4.40. The molecule has 0 unspecified atom stereocenters. The Morgan fingerprint density at radius 2 is 1.86 bits per heavy atom. The van der Waals surface area contributed by atoms with Crippen molar-refractivity contribution in [3.8, 4) is 0 Å². The molecule has 110 valence electrons. The van der Waals surface area contributed by atoms with Crippen LogP contribution in [0.4, 0.5) is 30.2 Å². The second kappa shape index (κ2) is 5.35. The van der Waals surface area contributed by atoms with Gasteiger partial charge in [-0.25, -0.2) is 18.0 Å². The molecule has 2 aromatic carbocycles. The van der Waals surface area contributed by atoms with Crippen LogP contribution in [0.2, 0.25) is 0 Å².